The fourth-order valence-electron chi connectivity index (χ4n) is 1.86. The molecule has 1 N–H and O–H groups in total. The number of thiophene rings is 1. The lowest BCUT2D eigenvalue weighted by Gasteiger charge is -2.12. The lowest BCUT2D eigenvalue weighted by Crippen LogP contribution is -2.07. The largest absolute Gasteiger partial charge is 0.384 e. The number of ether oxygens (including phenoxy) is 1. The van der Waals surface area contributed by atoms with Crippen LogP contribution in [0.2, 0.25) is 0 Å². The minimum atomic E-state index is -0.0933. The number of aliphatic hydroxyl groups excluding tert-OH is 1. The quantitative estimate of drug-likeness (QED) is 0.577. The molecule has 0 spiro atoms. The normalized spacial score (nSPS) is 11.9. The molecule has 0 fully saturated rings. The molecule has 2 nitrogen and oxygen atoms in total. The number of hydrogen-bond donors (Lipinski definition) is 1. The van der Waals surface area contributed by atoms with E-state index in [1.807, 2.05) is 11.4 Å². The molecule has 0 amide bonds. The maximum atomic E-state index is 8.71. The van der Waals surface area contributed by atoms with Gasteiger partial charge in [-0.2, -0.15) is 0 Å². The molecule has 0 aliphatic heterocycles. The van der Waals surface area contributed by atoms with Crippen LogP contribution in [0.15, 0.2) is 11.4 Å². The summed E-state index contributed by atoms with van der Waals surface area (Å²) < 4.78 is 5.87. The molecule has 1 unspecified atom stereocenters. The highest BCUT2D eigenvalue weighted by molar-refractivity contribution is 7.10. The van der Waals surface area contributed by atoms with E-state index < -0.39 is 0 Å². The highest BCUT2D eigenvalue weighted by atomic mass is 32.1. The van der Waals surface area contributed by atoms with E-state index in [2.05, 4.69) is 25.7 Å². The van der Waals surface area contributed by atoms with Crippen molar-refractivity contribution < 1.29 is 9.84 Å². The smallest absolute Gasteiger partial charge is 0.104 e. The van der Waals surface area contributed by atoms with E-state index >= 15 is 0 Å². The monoisotopic (exact) mass is 280 g/mol. The Balaban J connectivity index is 2.29. The van der Waals surface area contributed by atoms with E-state index in [1.54, 1.807) is 11.3 Å². The van der Waals surface area contributed by atoms with Crippen LogP contribution in [0.5, 0.6) is 0 Å². The van der Waals surface area contributed by atoms with Gasteiger partial charge in [0.1, 0.15) is 6.61 Å². The average Bonchev–Trinajstić information content (AvgIpc) is 2.86. The van der Waals surface area contributed by atoms with Gasteiger partial charge >= 0.3 is 0 Å². The molecular formula is C16H24O2S. The molecule has 0 aliphatic rings. The lowest BCUT2D eigenvalue weighted by molar-refractivity contribution is 0.0474. The van der Waals surface area contributed by atoms with Gasteiger partial charge < -0.3 is 9.84 Å². The van der Waals surface area contributed by atoms with Gasteiger partial charge in [-0.05, 0) is 24.8 Å². The average molecular weight is 280 g/mol. The Hall–Kier alpha value is -0.820. The Labute approximate surface area is 120 Å². The van der Waals surface area contributed by atoms with Crippen molar-refractivity contribution in [2.24, 2.45) is 0 Å². The second kappa shape index (κ2) is 10.0. The van der Waals surface area contributed by atoms with Crippen molar-refractivity contribution in [1.82, 2.24) is 0 Å². The first-order chi connectivity index (χ1) is 9.27. The van der Waals surface area contributed by atoms with Crippen molar-refractivity contribution in [2.75, 3.05) is 6.61 Å². The van der Waals surface area contributed by atoms with E-state index in [0.29, 0.717) is 12.7 Å². The summed E-state index contributed by atoms with van der Waals surface area (Å²) in [6.45, 7) is 4.90. The fraction of sp³-hybridized carbons (Fsp3) is 0.625. The second-order valence-electron chi connectivity index (χ2n) is 4.69. The zero-order valence-corrected chi connectivity index (χ0v) is 12.8. The molecule has 0 saturated heterocycles. The van der Waals surface area contributed by atoms with E-state index in [9.17, 15) is 0 Å². The molecule has 19 heavy (non-hydrogen) atoms. The summed E-state index contributed by atoms with van der Waals surface area (Å²) in [7, 11) is 0. The minimum absolute atomic E-state index is 0.0933. The minimum Gasteiger partial charge on any atom is -0.384 e. The maximum absolute atomic E-state index is 8.71. The van der Waals surface area contributed by atoms with Crippen LogP contribution < -0.4 is 0 Å². The van der Waals surface area contributed by atoms with Crippen molar-refractivity contribution in [2.45, 2.75) is 58.7 Å². The Morgan fingerprint density at radius 2 is 2.21 bits per heavy atom. The molecule has 106 valence electrons. The summed E-state index contributed by atoms with van der Waals surface area (Å²) in [4.78, 5) is 1.15. The SMILES string of the molecule is CCCCCCC(C)OCc1sccc1C#CCO. The Bertz CT molecular complexity index is 400. The van der Waals surface area contributed by atoms with Crippen LogP contribution in [0.3, 0.4) is 0 Å². The predicted octanol–water partition coefficient (Wildman–Crippen LogP) is 3.97. The first-order valence-electron chi connectivity index (χ1n) is 7.05. The van der Waals surface area contributed by atoms with Crippen LogP contribution in [0.1, 0.15) is 56.4 Å². The number of hydrogen-bond acceptors (Lipinski definition) is 3. The summed E-state index contributed by atoms with van der Waals surface area (Å²) in [5.74, 6) is 5.64. The van der Waals surface area contributed by atoms with Gasteiger partial charge in [0, 0.05) is 10.4 Å². The fourth-order valence-corrected chi connectivity index (χ4v) is 2.61. The van der Waals surface area contributed by atoms with Crippen LogP contribution in [0.25, 0.3) is 0 Å². The topological polar surface area (TPSA) is 29.5 Å². The van der Waals surface area contributed by atoms with E-state index in [0.717, 1.165) is 16.9 Å². The van der Waals surface area contributed by atoms with Gasteiger partial charge in [0.05, 0.1) is 12.7 Å². The van der Waals surface area contributed by atoms with Gasteiger partial charge in [0.2, 0.25) is 0 Å². The molecule has 1 heterocycles. The molecule has 0 bridgehead atoms. The van der Waals surface area contributed by atoms with Crippen LogP contribution in [-0.2, 0) is 11.3 Å². The Morgan fingerprint density at radius 3 is 2.95 bits per heavy atom. The molecule has 1 aromatic heterocycles. The number of unbranched alkanes of at least 4 members (excludes halogenated alkanes) is 3. The lowest BCUT2D eigenvalue weighted by atomic mass is 10.1. The standard InChI is InChI=1S/C16H24O2S/c1-3-4-5-6-8-14(2)18-13-16-15(9-7-11-17)10-12-19-16/h10,12,14,17H,3-6,8,11,13H2,1-2H3. The molecule has 1 rings (SSSR count). The van der Waals surface area contributed by atoms with Crippen LogP contribution in [0, 0.1) is 11.8 Å². The predicted molar refractivity (Wildman–Crippen MR) is 81.3 cm³/mol. The molecular weight excluding hydrogens is 256 g/mol. The first kappa shape index (κ1) is 16.2. The van der Waals surface area contributed by atoms with E-state index in [-0.39, 0.29) is 6.61 Å². The molecule has 1 atom stereocenters. The highest BCUT2D eigenvalue weighted by Crippen LogP contribution is 2.18. The van der Waals surface area contributed by atoms with Crippen LogP contribution in [0.4, 0.5) is 0 Å². The molecule has 3 heteroatoms. The molecule has 0 radical (unpaired) electrons. The number of rotatable bonds is 8. The third-order valence-electron chi connectivity index (χ3n) is 3.01. The van der Waals surface area contributed by atoms with Crippen molar-refractivity contribution in [3.05, 3.63) is 21.9 Å². The van der Waals surface area contributed by atoms with Gasteiger partial charge in [-0.25, -0.2) is 0 Å². The van der Waals surface area contributed by atoms with Crippen LogP contribution in [-0.4, -0.2) is 17.8 Å². The first-order valence-corrected chi connectivity index (χ1v) is 7.93. The molecule has 1 aromatic rings. The maximum Gasteiger partial charge on any atom is 0.104 e. The van der Waals surface area contributed by atoms with Crippen molar-refractivity contribution >= 4 is 11.3 Å². The zero-order chi connectivity index (χ0) is 13.9. The third kappa shape index (κ3) is 6.77. The van der Waals surface area contributed by atoms with Crippen molar-refractivity contribution in [3.63, 3.8) is 0 Å². The Kier molecular flexibility index (Phi) is 8.57. The molecule has 0 saturated carbocycles. The van der Waals surface area contributed by atoms with Crippen LogP contribution >= 0.6 is 11.3 Å². The van der Waals surface area contributed by atoms with Gasteiger partial charge in [-0.15, -0.1) is 11.3 Å². The summed E-state index contributed by atoms with van der Waals surface area (Å²) in [5, 5.41) is 10.7. The van der Waals surface area contributed by atoms with Gasteiger partial charge in [-0.3, -0.25) is 0 Å². The summed E-state index contributed by atoms with van der Waals surface area (Å²) in [5.41, 5.74) is 0.984. The zero-order valence-electron chi connectivity index (χ0n) is 11.9. The summed E-state index contributed by atoms with van der Waals surface area (Å²) >= 11 is 1.66. The molecule has 0 aliphatic carbocycles. The third-order valence-corrected chi connectivity index (χ3v) is 3.91. The highest BCUT2D eigenvalue weighted by Gasteiger charge is 2.06. The van der Waals surface area contributed by atoms with Crippen molar-refractivity contribution in [3.8, 4) is 11.8 Å². The summed E-state index contributed by atoms with van der Waals surface area (Å²) in [6, 6.07) is 1.98. The van der Waals surface area contributed by atoms with Gasteiger partial charge in [0.15, 0.2) is 0 Å². The number of aliphatic hydroxyl groups is 1. The second-order valence-corrected chi connectivity index (χ2v) is 5.69. The van der Waals surface area contributed by atoms with Gasteiger partial charge in [0.25, 0.3) is 0 Å². The molecule has 0 aromatic carbocycles. The summed E-state index contributed by atoms with van der Waals surface area (Å²) in [6.07, 6.45) is 6.57. The Morgan fingerprint density at radius 1 is 1.37 bits per heavy atom. The van der Waals surface area contributed by atoms with E-state index in [1.165, 1.54) is 25.7 Å². The van der Waals surface area contributed by atoms with Gasteiger partial charge in [-0.1, -0.05) is 44.4 Å². The van der Waals surface area contributed by atoms with E-state index in [4.69, 9.17) is 9.84 Å². The van der Waals surface area contributed by atoms with Crippen molar-refractivity contribution in [1.29, 1.82) is 0 Å².